The fraction of sp³-hybridized carbons (Fsp3) is 0.429. The molecule has 0 aromatic carbocycles. The van der Waals surface area contributed by atoms with Gasteiger partial charge in [-0.3, -0.25) is 0 Å². The van der Waals surface area contributed by atoms with Gasteiger partial charge in [0.25, 0.3) is 0 Å². The number of hydrogen-bond donors (Lipinski definition) is 1. The third-order valence-electron chi connectivity index (χ3n) is 2.66. The van der Waals surface area contributed by atoms with Crippen LogP contribution in [0.5, 0.6) is 5.75 Å². The number of anilines is 1. The molecule has 0 saturated carbocycles. The lowest BCUT2D eigenvalue weighted by molar-refractivity contribution is 0.317. The Morgan fingerprint density at radius 3 is 3.05 bits per heavy atom. The standard InChI is InChI=1S/C14H20N4O/c1-3-9-19-13-5-4-6-16-14(13)17-12(2)10-18-8-7-15-11-18/h4-8,11-12H,3,9-10H2,1-2H3,(H,16,17). The van der Waals surface area contributed by atoms with Crippen LogP contribution in [0.25, 0.3) is 0 Å². The summed E-state index contributed by atoms with van der Waals surface area (Å²) in [6, 6.07) is 4.07. The smallest absolute Gasteiger partial charge is 0.169 e. The van der Waals surface area contributed by atoms with Gasteiger partial charge in [0.15, 0.2) is 11.6 Å². The lowest BCUT2D eigenvalue weighted by Gasteiger charge is -2.17. The van der Waals surface area contributed by atoms with Crippen LogP contribution in [0.4, 0.5) is 5.82 Å². The monoisotopic (exact) mass is 260 g/mol. The number of ether oxygens (including phenoxy) is 1. The molecule has 0 radical (unpaired) electrons. The maximum atomic E-state index is 5.68. The number of pyridine rings is 1. The van der Waals surface area contributed by atoms with Gasteiger partial charge in [0.05, 0.1) is 12.9 Å². The summed E-state index contributed by atoms with van der Waals surface area (Å²) in [5.74, 6) is 1.60. The minimum atomic E-state index is 0.244. The first kappa shape index (κ1) is 13.4. The second-order valence-electron chi connectivity index (χ2n) is 4.50. The van der Waals surface area contributed by atoms with E-state index in [1.165, 1.54) is 0 Å². The predicted molar refractivity (Wildman–Crippen MR) is 75.3 cm³/mol. The van der Waals surface area contributed by atoms with E-state index in [0.29, 0.717) is 6.61 Å². The summed E-state index contributed by atoms with van der Waals surface area (Å²) >= 11 is 0. The van der Waals surface area contributed by atoms with Gasteiger partial charge >= 0.3 is 0 Å². The molecule has 0 aliphatic carbocycles. The fourth-order valence-electron chi connectivity index (χ4n) is 1.82. The van der Waals surface area contributed by atoms with Crippen LogP contribution in [-0.4, -0.2) is 27.2 Å². The van der Waals surface area contributed by atoms with Gasteiger partial charge in [0.2, 0.25) is 0 Å². The zero-order chi connectivity index (χ0) is 13.5. The van der Waals surface area contributed by atoms with E-state index in [1.54, 1.807) is 12.4 Å². The quantitative estimate of drug-likeness (QED) is 0.831. The molecule has 102 valence electrons. The van der Waals surface area contributed by atoms with Crippen LogP contribution in [-0.2, 0) is 6.54 Å². The van der Waals surface area contributed by atoms with Crippen LogP contribution in [0.1, 0.15) is 20.3 Å². The van der Waals surface area contributed by atoms with Crippen molar-refractivity contribution in [3.05, 3.63) is 37.1 Å². The van der Waals surface area contributed by atoms with Crippen molar-refractivity contribution in [1.82, 2.24) is 14.5 Å². The van der Waals surface area contributed by atoms with Gasteiger partial charge < -0.3 is 14.6 Å². The maximum absolute atomic E-state index is 5.68. The second-order valence-corrected chi connectivity index (χ2v) is 4.50. The number of aromatic nitrogens is 3. The number of hydrogen-bond acceptors (Lipinski definition) is 4. The zero-order valence-corrected chi connectivity index (χ0v) is 11.4. The largest absolute Gasteiger partial charge is 0.490 e. The highest BCUT2D eigenvalue weighted by Gasteiger charge is 2.08. The molecular weight excluding hydrogens is 240 g/mol. The minimum Gasteiger partial charge on any atom is -0.490 e. The van der Waals surface area contributed by atoms with Gasteiger partial charge in [0, 0.05) is 31.2 Å². The van der Waals surface area contributed by atoms with Gasteiger partial charge in [-0.25, -0.2) is 9.97 Å². The molecule has 0 saturated heterocycles. The van der Waals surface area contributed by atoms with Crippen molar-refractivity contribution < 1.29 is 4.74 Å². The maximum Gasteiger partial charge on any atom is 0.169 e. The molecule has 2 aromatic heterocycles. The Balaban J connectivity index is 1.97. The summed E-state index contributed by atoms with van der Waals surface area (Å²) in [6.45, 7) is 5.74. The molecule has 2 heterocycles. The lowest BCUT2D eigenvalue weighted by atomic mass is 10.3. The van der Waals surface area contributed by atoms with E-state index in [2.05, 4.69) is 29.1 Å². The summed E-state index contributed by atoms with van der Waals surface area (Å²) in [5, 5.41) is 3.37. The average Bonchev–Trinajstić information content (AvgIpc) is 2.90. The van der Waals surface area contributed by atoms with Gasteiger partial charge in [-0.05, 0) is 25.5 Å². The normalized spacial score (nSPS) is 12.1. The van der Waals surface area contributed by atoms with Crippen molar-refractivity contribution in [2.24, 2.45) is 0 Å². The van der Waals surface area contributed by atoms with Gasteiger partial charge in [-0.1, -0.05) is 6.92 Å². The first-order chi connectivity index (χ1) is 9.29. The third-order valence-corrected chi connectivity index (χ3v) is 2.66. The molecule has 0 fully saturated rings. The number of nitrogens with one attached hydrogen (secondary N) is 1. The SMILES string of the molecule is CCCOc1cccnc1NC(C)Cn1ccnc1. The van der Waals surface area contributed by atoms with Crippen LogP contribution in [0.15, 0.2) is 37.1 Å². The Labute approximate surface area is 113 Å². The van der Waals surface area contributed by atoms with Crippen LogP contribution in [0.2, 0.25) is 0 Å². The molecule has 0 bridgehead atoms. The summed E-state index contributed by atoms with van der Waals surface area (Å²) in [5.41, 5.74) is 0. The molecule has 0 aliphatic rings. The summed E-state index contributed by atoms with van der Waals surface area (Å²) in [6.07, 6.45) is 8.30. The number of imidazole rings is 1. The van der Waals surface area contributed by atoms with Crippen molar-refractivity contribution in [2.45, 2.75) is 32.9 Å². The Kier molecular flexibility index (Phi) is 4.78. The van der Waals surface area contributed by atoms with E-state index in [-0.39, 0.29) is 6.04 Å². The molecule has 19 heavy (non-hydrogen) atoms. The predicted octanol–water partition coefficient (Wildman–Crippen LogP) is 2.57. The molecule has 0 spiro atoms. The molecule has 1 unspecified atom stereocenters. The summed E-state index contributed by atoms with van der Waals surface area (Å²) in [4.78, 5) is 8.38. The molecule has 0 aliphatic heterocycles. The topological polar surface area (TPSA) is 52.0 Å². The van der Waals surface area contributed by atoms with Crippen molar-refractivity contribution in [3.8, 4) is 5.75 Å². The van der Waals surface area contributed by atoms with Crippen LogP contribution >= 0.6 is 0 Å². The van der Waals surface area contributed by atoms with E-state index in [9.17, 15) is 0 Å². The van der Waals surface area contributed by atoms with Crippen molar-refractivity contribution >= 4 is 5.82 Å². The average molecular weight is 260 g/mol. The van der Waals surface area contributed by atoms with E-state index >= 15 is 0 Å². The molecule has 0 amide bonds. The van der Waals surface area contributed by atoms with Crippen molar-refractivity contribution in [1.29, 1.82) is 0 Å². The molecule has 1 atom stereocenters. The second kappa shape index (κ2) is 6.78. The van der Waals surface area contributed by atoms with E-state index in [0.717, 1.165) is 24.5 Å². The first-order valence-electron chi connectivity index (χ1n) is 6.59. The van der Waals surface area contributed by atoms with E-state index in [1.807, 2.05) is 29.2 Å². The van der Waals surface area contributed by atoms with Crippen LogP contribution in [0, 0.1) is 0 Å². The molecule has 5 nitrogen and oxygen atoms in total. The van der Waals surface area contributed by atoms with Crippen LogP contribution < -0.4 is 10.1 Å². The van der Waals surface area contributed by atoms with E-state index in [4.69, 9.17) is 4.74 Å². The Morgan fingerprint density at radius 1 is 1.42 bits per heavy atom. The molecule has 2 rings (SSSR count). The Bertz CT molecular complexity index is 484. The van der Waals surface area contributed by atoms with Crippen molar-refractivity contribution in [3.63, 3.8) is 0 Å². The van der Waals surface area contributed by atoms with E-state index < -0.39 is 0 Å². The van der Waals surface area contributed by atoms with Gasteiger partial charge in [0.1, 0.15) is 0 Å². The molecule has 2 aromatic rings. The third kappa shape index (κ3) is 3.98. The molecular formula is C14H20N4O. The Hall–Kier alpha value is -2.04. The Morgan fingerprint density at radius 2 is 2.32 bits per heavy atom. The molecule has 5 heteroatoms. The number of rotatable bonds is 7. The number of nitrogens with zero attached hydrogens (tertiary/aromatic N) is 3. The van der Waals surface area contributed by atoms with Crippen molar-refractivity contribution in [2.75, 3.05) is 11.9 Å². The lowest BCUT2D eigenvalue weighted by Crippen LogP contribution is -2.22. The van der Waals surface area contributed by atoms with Gasteiger partial charge in [-0.15, -0.1) is 0 Å². The summed E-state index contributed by atoms with van der Waals surface area (Å²) in [7, 11) is 0. The van der Waals surface area contributed by atoms with Gasteiger partial charge in [-0.2, -0.15) is 0 Å². The highest BCUT2D eigenvalue weighted by Crippen LogP contribution is 2.21. The van der Waals surface area contributed by atoms with Crippen LogP contribution in [0.3, 0.4) is 0 Å². The molecule has 1 N–H and O–H groups in total. The fourth-order valence-corrected chi connectivity index (χ4v) is 1.82. The minimum absolute atomic E-state index is 0.244. The highest BCUT2D eigenvalue weighted by molar-refractivity contribution is 5.49. The highest BCUT2D eigenvalue weighted by atomic mass is 16.5. The first-order valence-corrected chi connectivity index (χ1v) is 6.59. The summed E-state index contributed by atoms with van der Waals surface area (Å²) < 4.78 is 7.71. The zero-order valence-electron chi connectivity index (χ0n) is 11.4.